The number of benzene rings is 2. The molecule has 0 bridgehead atoms. The van der Waals surface area contributed by atoms with Crippen molar-refractivity contribution >= 4 is 11.9 Å². The van der Waals surface area contributed by atoms with Gasteiger partial charge in [0.2, 0.25) is 0 Å². The van der Waals surface area contributed by atoms with E-state index in [1.54, 1.807) is 13.0 Å². The van der Waals surface area contributed by atoms with E-state index in [1.807, 2.05) is 37.4 Å². The van der Waals surface area contributed by atoms with Gasteiger partial charge in [0.05, 0.1) is 19.3 Å². The van der Waals surface area contributed by atoms with E-state index in [0.717, 1.165) is 24.9 Å². The highest BCUT2D eigenvalue weighted by Crippen LogP contribution is 2.28. The number of rotatable bonds is 11. The molecule has 30 heavy (non-hydrogen) atoms. The standard InChI is InChI=1S/C23H30N2O5/c1-16-13-18(30-12-8-7-11-24-2)15-20(26)21(16)22(27)25-19(23(28)29-3)14-17-9-5-4-6-10-17/h4-6,9-10,13,15,19,24,26H,7-8,11-12,14H2,1-3H3,(H,25,27). The first-order chi connectivity index (χ1) is 14.5. The highest BCUT2D eigenvalue weighted by Gasteiger charge is 2.25. The highest BCUT2D eigenvalue weighted by molar-refractivity contribution is 6.00. The Labute approximate surface area is 177 Å². The molecule has 1 amide bonds. The number of unbranched alkanes of at least 4 members (excludes halogenated alkanes) is 1. The molecule has 0 aliphatic carbocycles. The Balaban J connectivity index is 2.09. The van der Waals surface area contributed by atoms with Crippen molar-refractivity contribution in [2.24, 2.45) is 0 Å². The Hall–Kier alpha value is -3.06. The van der Waals surface area contributed by atoms with Gasteiger partial charge in [-0.05, 0) is 50.6 Å². The van der Waals surface area contributed by atoms with Gasteiger partial charge < -0.3 is 25.2 Å². The van der Waals surface area contributed by atoms with Crippen LogP contribution < -0.4 is 15.4 Å². The molecule has 0 radical (unpaired) electrons. The summed E-state index contributed by atoms with van der Waals surface area (Å²) in [6.45, 7) is 3.15. The minimum absolute atomic E-state index is 0.111. The predicted molar refractivity (Wildman–Crippen MR) is 115 cm³/mol. The number of ether oxygens (including phenoxy) is 2. The molecule has 162 valence electrons. The van der Waals surface area contributed by atoms with Gasteiger partial charge in [-0.25, -0.2) is 4.79 Å². The maximum Gasteiger partial charge on any atom is 0.328 e. The number of esters is 1. The van der Waals surface area contributed by atoms with Crippen molar-refractivity contribution in [1.29, 1.82) is 0 Å². The molecule has 0 aliphatic heterocycles. The maximum atomic E-state index is 12.8. The fourth-order valence-electron chi connectivity index (χ4n) is 3.12. The average Bonchev–Trinajstić information content (AvgIpc) is 2.73. The number of aryl methyl sites for hydroxylation is 1. The van der Waals surface area contributed by atoms with Gasteiger partial charge in [-0.2, -0.15) is 0 Å². The number of methoxy groups -OCH3 is 1. The molecule has 1 atom stereocenters. The lowest BCUT2D eigenvalue weighted by molar-refractivity contribution is -0.142. The zero-order valence-electron chi connectivity index (χ0n) is 17.7. The lowest BCUT2D eigenvalue weighted by Gasteiger charge is -2.18. The van der Waals surface area contributed by atoms with Gasteiger partial charge in [-0.15, -0.1) is 0 Å². The number of phenols is 1. The molecule has 2 aromatic carbocycles. The van der Waals surface area contributed by atoms with Crippen LogP contribution >= 0.6 is 0 Å². The molecule has 2 rings (SSSR count). The monoisotopic (exact) mass is 414 g/mol. The van der Waals surface area contributed by atoms with E-state index < -0.39 is 17.9 Å². The summed E-state index contributed by atoms with van der Waals surface area (Å²) < 4.78 is 10.5. The molecule has 0 spiro atoms. The molecule has 2 aromatic rings. The largest absolute Gasteiger partial charge is 0.507 e. The number of hydrogen-bond donors (Lipinski definition) is 3. The van der Waals surface area contributed by atoms with Crippen LogP contribution in [-0.2, 0) is 16.0 Å². The molecule has 0 aliphatic rings. The first-order valence-electron chi connectivity index (χ1n) is 10.00. The van der Waals surface area contributed by atoms with Gasteiger partial charge in [-0.1, -0.05) is 30.3 Å². The topological polar surface area (TPSA) is 96.9 Å². The maximum absolute atomic E-state index is 12.8. The van der Waals surface area contributed by atoms with Crippen LogP contribution in [0.2, 0.25) is 0 Å². The molecule has 0 saturated carbocycles. The van der Waals surface area contributed by atoms with Crippen LogP contribution in [0, 0.1) is 6.92 Å². The fourth-order valence-corrected chi connectivity index (χ4v) is 3.12. The zero-order valence-corrected chi connectivity index (χ0v) is 17.7. The minimum atomic E-state index is -0.869. The van der Waals surface area contributed by atoms with Crippen molar-refractivity contribution in [2.45, 2.75) is 32.2 Å². The first-order valence-corrected chi connectivity index (χ1v) is 10.00. The third-order valence-corrected chi connectivity index (χ3v) is 4.68. The number of carbonyl (C=O) groups excluding carboxylic acids is 2. The average molecular weight is 415 g/mol. The van der Waals surface area contributed by atoms with Crippen molar-refractivity contribution in [3.8, 4) is 11.5 Å². The number of phenolic OH excluding ortho intramolecular Hbond substituents is 1. The van der Waals surface area contributed by atoms with Gasteiger partial charge in [0.15, 0.2) is 0 Å². The number of nitrogens with one attached hydrogen (secondary N) is 2. The summed E-state index contributed by atoms with van der Waals surface area (Å²) in [5.74, 6) is -0.788. The van der Waals surface area contributed by atoms with E-state index in [1.165, 1.54) is 13.2 Å². The zero-order chi connectivity index (χ0) is 21.9. The Morgan fingerprint density at radius 1 is 1.13 bits per heavy atom. The van der Waals surface area contributed by atoms with Crippen molar-refractivity contribution in [3.05, 3.63) is 59.2 Å². The van der Waals surface area contributed by atoms with E-state index in [9.17, 15) is 14.7 Å². The summed E-state index contributed by atoms with van der Waals surface area (Å²) in [5, 5.41) is 16.2. The Morgan fingerprint density at radius 3 is 2.50 bits per heavy atom. The van der Waals surface area contributed by atoms with E-state index >= 15 is 0 Å². The smallest absolute Gasteiger partial charge is 0.328 e. The normalized spacial score (nSPS) is 11.6. The van der Waals surface area contributed by atoms with E-state index in [-0.39, 0.29) is 17.7 Å². The molecule has 0 aromatic heterocycles. The van der Waals surface area contributed by atoms with Gasteiger partial charge in [0.1, 0.15) is 17.5 Å². The summed E-state index contributed by atoms with van der Waals surface area (Å²) in [6, 6.07) is 11.6. The highest BCUT2D eigenvalue weighted by atomic mass is 16.5. The molecule has 0 fully saturated rings. The number of aromatic hydroxyl groups is 1. The van der Waals surface area contributed by atoms with E-state index in [2.05, 4.69) is 10.6 Å². The van der Waals surface area contributed by atoms with Gasteiger partial charge in [-0.3, -0.25) is 4.79 Å². The third-order valence-electron chi connectivity index (χ3n) is 4.68. The van der Waals surface area contributed by atoms with Crippen molar-refractivity contribution in [1.82, 2.24) is 10.6 Å². The Morgan fingerprint density at radius 2 is 1.87 bits per heavy atom. The second-order valence-electron chi connectivity index (χ2n) is 7.03. The van der Waals surface area contributed by atoms with Crippen LogP contribution in [0.1, 0.15) is 34.3 Å². The Bertz CT molecular complexity index is 816. The summed E-state index contributed by atoms with van der Waals surface area (Å²) in [7, 11) is 3.18. The van der Waals surface area contributed by atoms with Crippen molar-refractivity contribution < 1.29 is 24.2 Å². The molecular formula is C23H30N2O5. The summed E-state index contributed by atoms with van der Waals surface area (Å²) in [5.41, 5.74) is 1.55. The molecule has 0 heterocycles. The summed E-state index contributed by atoms with van der Waals surface area (Å²) >= 11 is 0. The van der Waals surface area contributed by atoms with Gasteiger partial charge in [0.25, 0.3) is 5.91 Å². The second kappa shape index (κ2) is 11.8. The molecule has 7 nitrogen and oxygen atoms in total. The summed E-state index contributed by atoms with van der Waals surface area (Å²) in [6.07, 6.45) is 2.15. The lowest BCUT2D eigenvalue weighted by Crippen LogP contribution is -2.43. The van der Waals surface area contributed by atoms with Crippen LogP contribution in [0.5, 0.6) is 11.5 Å². The third kappa shape index (κ3) is 6.77. The van der Waals surface area contributed by atoms with Crippen LogP contribution in [0.3, 0.4) is 0 Å². The van der Waals surface area contributed by atoms with Crippen molar-refractivity contribution in [2.75, 3.05) is 27.3 Å². The molecular weight excluding hydrogens is 384 g/mol. The van der Waals surface area contributed by atoms with E-state index in [0.29, 0.717) is 17.9 Å². The number of hydrogen-bond acceptors (Lipinski definition) is 6. The Kier molecular flexibility index (Phi) is 9.15. The van der Waals surface area contributed by atoms with Crippen LogP contribution in [0.15, 0.2) is 42.5 Å². The van der Waals surface area contributed by atoms with Crippen LogP contribution in [0.25, 0.3) is 0 Å². The first kappa shape index (κ1) is 23.2. The lowest BCUT2D eigenvalue weighted by atomic mass is 10.0. The van der Waals surface area contributed by atoms with Crippen LogP contribution in [-0.4, -0.2) is 50.3 Å². The minimum Gasteiger partial charge on any atom is -0.507 e. The molecule has 0 saturated heterocycles. The quantitative estimate of drug-likeness (QED) is 0.386. The van der Waals surface area contributed by atoms with Crippen LogP contribution in [0.4, 0.5) is 0 Å². The SMILES string of the molecule is CNCCCCOc1cc(C)c(C(=O)NC(Cc2ccccc2)C(=O)OC)c(O)c1. The predicted octanol–water partition coefficient (Wildman–Crippen LogP) is 2.59. The van der Waals surface area contributed by atoms with Crippen molar-refractivity contribution in [3.63, 3.8) is 0 Å². The van der Waals surface area contributed by atoms with Gasteiger partial charge >= 0.3 is 5.97 Å². The summed E-state index contributed by atoms with van der Waals surface area (Å²) in [4.78, 5) is 25.0. The molecule has 7 heteroatoms. The molecule has 3 N–H and O–H groups in total. The molecule has 1 unspecified atom stereocenters. The van der Waals surface area contributed by atoms with Gasteiger partial charge in [0, 0.05) is 12.5 Å². The van der Waals surface area contributed by atoms with E-state index in [4.69, 9.17) is 9.47 Å². The number of amides is 1. The number of carbonyl (C=O) groups is 2. The fraction of sp³-hybridized carbons (Fsp3) is 0.391. The second-order valence-corrected chi connectivity index (χ2v) is 7.03.